The molecule has 1 atom stereocenters. The number of carbonyl (C=O) groups excluding carboxylic acids is 3. The van der Waals surface area contributed by atoms with Crippen molar-refractivity contribution in [2.75, 3.05) is 32.6 Å². The lowest BCUT2D eigenvalue weighted by atomic mass is 10.0. The molecular formula is C25H31ClN4O5. The van der Waals surface area contributed by atoms with Crippen LogP contribution in [0.5, 0.6) is 11.5 Å². The van der Waals surface area contributed by atoms with Crippen LogP contribution in [0.2, 0.25) is 5.02 Å². The van der Waals surface area contributed by atoms with E-state index < -0.39 is 6.04 Å². The van der Waals surface area contributed by atoms with Gasteiger partial charge in [0, 0.05) is 38.5 Å². The van der Waals surface area contributed by atoms with E-state index in [2.05, 4.69) is 16.0 Å². The number of likely N-dealkylation sites (tertiary alicyclic amines) is 1. The van der Waals surface area contributed by atoms with Crippen LogP contribution in [0, 0.1) is 0 Å². The van der Waals surface area contributed by atoms with E-state index in [1.54, 1.807) is 61.6 Å². The molecule has 0 saturated carbocycles. The Morgan fingerprint density at radius 1 is 1.06 bits per heavy atom. The first-order valence-corrected chi connectivity index (χ1v) is 11.8. The van der Waals surface area contributed by atoms with Crippen molar-refractivity contribution < 1.29 is 23.9 Å². The predicted molar refractivity (Wildman–Crippen MR) is 134 cm³/mol. The number of methoxy groups -OCH3 is 2. The Kier molecular flexibility index (Phi) is 9.19. The molecule has 3 N–H and O–H groups in total. The molecule has 4 amide bonds. The number of benzene rings is 2. The molecule has 10 heteroatoms. The molecule has 9 nitrogen and oxygen atoms in total. The molecule has 0 bridgehead atoms. The zero-order valence-corrected chi connectivity index (χ0v) is 20.9. The minimum atomic E-state index is -0.758. The standard InChI is InChI=1S/C25H31ClN4O5/c1-16(31)27-23(14-17-12-19(34-2)15-20(13-17)35-3)24(32)28-18-8-10-30(11-9-18)25(33)29-22-7-5-4-6-21(22)26/h4-7,12-13,15,18,23H,8-11,14H2,1-3H3,(H,27,31)(H,28,32)(H,29,33)/t23-/m1/s1. The Hall–Kier alpha value is -3.46. The second-order valence-electron chi connectivity index (χ2n) is 8.36. The monoisotopic (exact) mass is 502 g/mol. The molecule has 3 rings (SSSR count). The van der Waals surface area contributed by atoms with E-state index in [0.717, 1.165) is 5.56 Å². The third-order valence-electron chi connectivity index (χ3n) is 5.79. The number of urea groups is 1. The summed E-state index contributed by atoms with van der Waals surface area (Å²) in [4.78, 5) is 39.1. The molecule has 1 heterocycles. The summed E-state index contributed by atoms with van der Waals surface area (Å²) >= 11 is 6.12. The molecule has 188 valence electrons. The van der Waals surface area contributed by atoms with Crippen molar-refractivity contribution >= 4 is 35.1 Å². The predicted octanol–water partition coefficient (Wildman–Crippen LogP) is 3.22. The minimum absolute atomic E-state index is 0.108. The number of hydrogen-bond acceptors (Lipinski definition) is 5. The maximum atomic E-state index is 13.1. The average molecular weight is 503 g/mol. The Morgan fingerprint density at radius 3 is 2.26 bits per heavy atom. The highest BCUT2D eigenvalue weighted by Crippen LogP contribution is 2.24. The van der Waals surface area contributed by atoms with Crippen LogP contribution < -0.4 is 25.4 Å². The van der Waals surface area contributed by atoms with Gasteiger partial charge in [0.05, 0.1) is 24.9 Å². The molecule has 0 aliphatic carbocycles. The van der Waals surface area contributed by atoms with E-state index in [0.29, 0.717) is 48.1 Å². The number of para-hydroxylation sites is 1. The highest BCUT2D eigenvalue weighted by atomic mass is 35.5. The Labute approximate surface area is 210 Å². The first-order valence-electron chi connectivity index (χ1n) is 11.4. The van der Waals surface area contributed by atoms with Gasteiger partial charge in [0.15, 0.2) is 0 Å². The Bertz CT molecular complexity index is 1030. The molecule has 2 aromatic carbocycles. The lowest BCUT2D eigenvalue weighted by Crippen LogP contribution is -2.53. The molecular weight excluding hydrogens is 472 g/mol. The van der Waals surface area contributed by atoms with Crippen LogP contribution in [0.15, 0.2) is 42.5 Å². The molecule has 2 aromatic rings. The first kappa shape index (κ1) is 26.2. The molecule has 0 aromatic heterocycles. The molecule has 0 unspecified atom stereocenters. The second-order valence-corrected chi connectivity index (χ2v) is 8.77. The largest absolute Gasteiger partial charge is 0.497 e. The summed E-state index contributed by atoms with van der Waals surface area (Å²) in [5, 5.41) is 9.05. The van der Waals surface area contributed by atoms with Gasteiger partial charge in [-0.1, -0.05) is 23.7 Å². The van der Waals surface area contributed by atoms with Gasteiger partial charge in [-0.2, -0.15) is 0 Å². The van der Waals surface area contributed by atoms with Crippen molar-refractivity contribution in [3.8, 4) is 11.5 Å². The summed E-state index contributed by atoms with van der Waals surface area (Å²) in [5.74, 6) is 0.625. The van der Waals surface area contributed by atoms with Gasteiger partial charge in [-0.25, -0.2) is 4.79 Å². The molecule has 1 fully saturated rings. The molecule has 35 heavy (non-hydrogen) atoms. The van der Waals surface area contributed by atoms with Crippen molar-refractivity contribution in [1.29, 1.82) is 0 Å². The average Bonchev–Trinajstić information content (AvgIpc) is 2.84. The third kappa shape index (κ3) is 7.51. The SMILES string of the molecule is COc1cc(C[C@@H](NC(C)=O)C(=O)NC2CCN(C(=O)Nc3ccccc3Cl)CC2)cc(OC)c1. The zero-order chi connectivity index (χ0) is 25.4. The first-order chi connectivity index (χ1) is 16.8. The van der Waals surface area contributed by atoms with Gasteiger partial charge < -0.3 is 30.3 Å². The van der Waals surface area contributed by atoms with E-state index in [-0.39, 0.29) is 30.3 Å². The van der Waals surface area contributed by atoms with Gasteiger partial charge in [0.1, 0.15) is 17.5 Å². The van der Waals surface area contributed by atoms with Crippen LogP contribution in [-0.4, -0.2) is 62.1 Å². The number of hydrogen-bond donors (Lipinski definition) is 3. The fourth-order valence-electron chi connectivity index (χ4n) is 3.96. The van der Waals surface area contributed by atoms with Crippen molar-refractivity contribution in [2.24, 2.45) is 0 Å². The maximum Gasteiger partial charge on any atom is 0.321 e. The zero-order valence-electron chi connectivity index (χ0n) is 20.1. The smallest absolute Gasteiger partial charge is 0.321 e. The molecule has 1 aliphatic heterocycles. The number of rotatable bonds is 8. The number of nitrogens with zero attached hydrogens (tertiary/aromatic N) is 1. The summed E-state index contributed by atoms with van der Waals surface area (Å²) < 4.78 is 10.6. The highest BCUT2D eigenvalue weighted by molar-refractivity contribution is 6.33. The highest BCUT2D eigenvalue weighted by Gasteiger charge is 2.27. The van der Waals surface area contributed by atoms with Gasteiger partial charge in [-0.3, -0.25) is 9.59 Å². The number of halogens is 1. The van der Waals surface area contributed by atoms with Crippen LogP contribution in [0.1, 0.15) is 25.3 Å². The molecule has 1 aliphatic rings. The van der Waals surface area contributed by atoms with Crippen LogP contribution in [-0.2, 0) is 16.0 Å². The number of piperidine rings is 1. The van der Waals surface area contributed by atoms with Gasteiger partial charge in [0.2, 0.25) is 11.8 Å². The third-order valence-corrected chi connectivity index (χ3v) is 6.12. The number of carbonyl (C=O) groups is 3. The van der Waals surface area contributed by atoms with Gasteiger partial charge in [-0.15, -0.1) is 0 Å². The van der Waals surface area contributed by atoms with Crippen molar-refractivity contribution in [3.05, 3.63) is 53.1 Å². The molecule has 0 spiro atoms. The summed E-state index contributed by atoms with van der Waals surface area (Å²) in [5.41, 5.74) is 1.35. The molecule has 0 radical (unpaired) electrons. The number of nitrogens with one attached hydrogen (secondary N) is 3. The lowest BCUT2D eigenvalue weighted by Gasteiger charge is -2.33. The fraction of sp³-hybridized carbons (Fsp3) is 0.400. The van der Waals surface area contributed by atoms with E-state index >= 15 is 0 Å². The number of ether oxygens (including phenoxy) is 2. The quantitative estimate of drug-likeness (QED) is 0.513. The van der Waals surface area contributed by atoms with Crippen LogP contribution >= 0.6 is 11.6 Å². The fourth-order valence-corrected chi connectivity index (χ4v) is 4.14. The van der Waals surface area contributed by atoms with Crippen molar-refractivity contribution in [2.45, 2.75) is 38.3 Å². The van der Waals surface area contributed by atoms with Crippen LogP contribution in [0.4, 0.5) is 10.5 Å². The van der Waals surface area contributed by atoms with Gasteiger partial charge in [0.25, 0.3) is 0 Å². The summed E-state index contributed by atoms with van der Waals surface area (Å²) in [6, 6.07) is 11.3. The van der Waals surface area contributed by atoms with E-state index in [1.807, 2.05) is 0 Å². The Morgan fingerprint density at radius 2 is 1.69 bits per heavy atom. The van der Waals surface area contributed by atoms with Gasteiger partial charge >= 0.3 is 6.03 Å². The second kappa shape index (κ2) is 12.3. The lowest BCUT2D eigenvalue weighted by molar-refractivity contribution is -0.128. The number of amides is 4. The Balaban J connectivity index is 1.57. The van der Waals surface area contributed by atoms with E-state index in [9.17, 15) is 14.4 Å². The summed E-state index contributed by atoms with van der Waals surface area (Å²) in [6.07, 6.45) is 1.47. The normalized spacial score (nSPS) is 14.6. The minimum Gasteiger partial charge on any atom is -0.497 e. The van der Waals surface area contributed by atoms with Crippen LogP contribution in [0.25, 0.3) is 0 Å². The maximum absolute atomic E-state index is 13.1. The van der Waals surface area contributed by atoms with E-state index in [4.69, 9.17) is 21.1 Å². The van der Waals surface area contributed by atoms with E-state index in [1.165, 1.54) is 6.92 Å². The van der Waals surface area contributed by atoms with Crippen LogP contribution in [0.3, 0.4) is 0 Å². The van der Waals surface area contributed by atoms with Crippen molar-refractivity contribution in [1.82, 2.24) is 15.5 Å². The van der Waals surface area contributed by atoms with Crippen molar-refractivity contribution in [3.63, 3.8) is 0 Å². The summed E-state index contributed by atoms with van der Waals surface area (Å²) in [6.45, 7) is 2.35. The number of anilines is 1. The van der Waals surface area contributed by atoms with Gasteiger partial charge in [-0.05, 0) is 42.7 Å². The topological polar surface area (TPSA) is 109 Å². The molecule has 1 saturated heterocycles. The summed E-state index contributed by atoms with van der Waals surface area (Å²) in [7, 11) is 3.11.